The van der Waals surface area contributed by atoms with Crippen molar-refractivity contribution in [2.24, 2.45) is 16.7 Å². The van der Waals surface area contributed by atoms with Gasteiger partial charge in [0.25, 0.3) is 0 Å². The van der Waals surface area contributed by atoms with Crippen LogP contribution in [-0.2, 0) is 9.98 Å². The average molecular weight is 471 g/mol. The van der Waals surface area contributed by atoms with Crippen molar-refractivity contribution in [3.63, 3.8) is 0 Å². The summed E-state index contributed by atoms with van der Waals surface area (Å²) in [5.41, 5.74) is 3.49. The van der Waals surface area contributed by atoms with Crippen LogP contribution < -0.4 is 5.30 Å². The Bertz CT molecular complexity index is 894. The molecule has 3 unspecified atom stereocenters. The van der Waals surface area contributed by atoms with E-state index >= 15 is 4.57 Å². The maximum absolute atomic E-state index is 15.0. The summed E-state index contributed by atoms with van der Waals surface area (Å²) in [5.74, 6) is 0.657. The van der Waals surface area contributed by atoms with E-state index in [1.807, 2.05) is 0 Å². The Balaban J connectivity index is 2.47. The van der Waals surface area contributed by atoms with Crippen LogP contribution in [0.1, 0.15) is 114 Å². The van der Waals surface area contributed by atoms with Crippen LogP contribution in [-0.4, -0.2) is 5.66 Å². The molecular formula is C31H51OP. The average Bonchev–Trinajstić information content (AvgIpc) is 2.71. The van der Waals surface area contributed by atoms with Gasteiger partial charge >= 0.3 is 0 Å². The Morgan fingerprint density at radius 2 is 1.39 bits per heavy atom. The van der Waals surface area contributed by atoms with Crippen molar-refractivity contribution in [2.75, 3.05) is 0 Å². The van der Waals surface area contributed by atoms with Gasteiger partial charge in [-0.25, -0.2) is 0 Å². The Kier molecular flexibility index (Phi) is 8.77. The van der Waals surface area contributed by atoms with Crippen LogP contribution in [0.5, 0.6) is 0 Å². The van der Waals surface area contributed by atoms with Gasteiger partial charge in [0, 0.05) is 11.0 Å². The molecule has 2 heteroatoms. The molecule has 0 amide bonds. The van der Waals surface area contributed by atoms with Crippen molar-refractivity contribution >= 4 is 12.4 Å². The second-order valence-electron chi connectivity index (χ2n) is 13.5. The first-order valence-corrected chi connectivity index (χ1v) is 14.9. The van der Waals surface area contributed by atoms with Crippen molar-refractivity contribution in [3.05, 3.63) is 52.9 Å². The highest BCUT2D eigenvalue weighted by atomic mass is 31.2. The van der Waals surface area contributed by atoms with Crippen molar-refractivity contribution < 1.29 is 4.57 Å². The summed E-state index contributed by atoms with van der Waals surface area (Å²) in [6, 6.07) is 8.75. The van der Waals surface area contributed by atoms with Crippen LogP contribution in [0.2, 0.25) is 0 Å². The predicted octanol–water partition coefficient (Wildman–Crippen LogP) is 9.86. The van der Waals surface area contributed by atoms with Crippen molar-refractivity contribution in [1.82, 2.24) is 0 Å². The summed E-state index contributed by atoms with van der Waals surface area (Å²) in [5, 5.41) is 2.22. The molecule has 0 saturated heterocycles. The van der Waals surface area contributed by atoms with Crippen LogP contribution in [0.3, 0.4) is 0 Å². The molecule has 0 aliphatic heterocycles. The van der Waals surface area contributed by atoms with E-state index in [-0.39, 0.29) is 16.5 Å². The van der Waals surface area contributed by atoms with Gasteiger partial charge in [-0.2, -0.15) is 0 Å². The maximum atomic E-state index is 15.0. The second kappa shape index (κ2) is 10.3. The van der Waals surface area contributed by atoms with E-state index in [9.17, 15) is 0 Å². The summed E-state index contributed by atoms with van der Waals surface area (Å²) in [4.78, 5) is 0. The molecule has 1 aliphatic carbocycles. The molecule has 0 bridgehead atoms. The van der Waals surface area contributed by atoms with Crippen LogP contribution in [0.25, 0.3) is 0 Å². The van der Waals surface area contributed by atoms with Crippen molar-refractivity contribution in [1.29, 1.82) is 0 Å². The predicted molar refractivity (Wildman–Crippen MR) is 149 cm³/mol. The van der Waals surface area contributed by atoms with Crippen LogP contribution in [0.15, 0.2) is 47.3 Å². The molecule has 1 aromatic carbocycles. The van der Waals surface area contributed by atoms with E-state index in [1.165, 1.54) is 22.9 Å². The molecular weight excluding hydrogens is 419 g/mol. The molecule has 0 saturated carbocycles. The van der Waals surface area contributed by atoms with E-state index < -0.39 is 7.14 Å². The topological polar surface area (TPSA) is 17.1 Å². The SMILES string of the molecule is CCC(CCC(C)P(=O)(C1=CC=C(C(C)(C)C)CC1)c1ccc(C(C)(C)C)cc1)C(C)(C)C. The number of benzene rings is 1. The molecule has 0 heterocycles. The third kappa shape index (κ3) is 6.75. The Labute approximate surface area is 205 Å². The van der Waals surface area contributed by atoms with Crippen molar-refractivity contribution in [2.45, 2.75) is 119 Å². The van der Waals surface area contributed by atoms with Gasteiger partial charge in [-0.3, -0.25) is 0 Å². The van der Waals surface area contributed by atoms with Gasteiger partial charge in [-0.05, 0) is 58.7 Å². The fraction of sp³-hybridized carbons (Fsp3) is 0.677. The summed E-state index contributed by atoms with van der Waals surface area (Å²) in [6.45, 7) is 25.1. The molecule has 0 aromatic heterocycles. The lowest BCUT2D eigenvalue weighted by Crippen LogP contribution is -2.23. The molecule has 0 fully saturated rings. The molecule has 2 rings (SSSR count). The van der Waals surface area contributed by atoms with Crippen LogP contribution in [0.4, 0.5) is 0 Å². The molecule has 1 aromatic rings. The van der Waals surface area contributed by atoms with E-state index in [0.29, 0.717) is 11.3 Å². The van der Waals surface area contributed by atoms with E-state index in [1.54, 1.807) is 0 Å². The number of hydrogen-bond donors (Lipinski definition) is 0. The minimum Gasteiger partial charge on any atom is -0.314 e. The minimum atomic E-state index is -2.69. The Hall–Kier alpha value is -1.07. The molecule has 0 spiro atoms. The highest BCUT2D eigenvalue weighted by Gasteiger charge is 2.37. The molecule has 1 nitrogen and oxygen atoms in total. The lowest BCUT2D eigenvalue weighted by molar-refractivity contribution is 0.214. The molecule has 33 heavy (non-hydrogen) atoms. The first kappa shape index (κ1) is 28.2. The monoisotopic (exact) mass is 470 g/mol. The van der Waals surface area contributed by atoms with E-state index in [2.05, 4.69) is 113 Å². The standard InChI is InChI=1S/C31H51OP/c1-12-24(29(3,4)5)14-13-23(2)33(32,27-19-15-25(16-20-27)30(6,7)8)28-21-17-26(18-22-28)31(9,10)11/h15-17,19-21,23-24H,12-14,18,22H2,1-11H3. The summed E-state index contributed by atoms with van der Waals surface area (Å²) < 4.78 is 15.0. The van der Waals surface area contributed by atoms with E-state index in [4.69, 9.17) is 0 Å². The molecule has 1 aliphatic rings. The first-order chi connectivity index (χ1) is 15.0. The highest BCUT2D eigenvalue weighted by Crippen LogP contribution is 2.61. The van der Waals surface area contributed by atoms with Crippen molar-refractivity contribution in [3.8, 4) is 0 Å². The first-order valence-electron chi connectivity index (χ1n) is 13.1. The number of hydrogen-bond acceptors (Lipinski definition) is 1. The Morgan fingerprint density at radius 1 is 0.818 bits per heavy atom. The zero-order chi connectivity index (χ0) is 25.2. The van der Waals surface area contributed by atoms with Crippen LogP contribution in [0, 0.1) is 16.7 Å². The fourth-order valence-corrected chi connectivity index (χ4v) is 8.54. The molecule has 0 radical (unpaired) electrons. The van der Waals surface area contributed by atoms with Gasteiger partial charge in [0.15, 0.2) is 0 Å². The van der Waals surface area contributed by atoms with Gasteiger partial charge in [-0.1, -0.05) is 125 Å². The highest BCUT2D eigenvalue weighted by molar-refractivity contribution is 7.76. The normalized spacial score (nSPS) is 19.4. The van der Waals surface area contributed by atoms with Gasteiger partial charge in [-0.15, -0.1) is 0 Å². The zero-order valence-electron chi connectivity index (χ0n) is 23.5. The molecule has 3 atom stereocenters. The van der Waals surface area contributed by atoms with Gasteiger partial charge in [0.05, 0.1) is 0 Å². The summed E-state index contributed by atoms with van der Waals surface area (Å²) in [6.07, 6.45) is 9.77. The third-order valence-corrected chi connectivity index (χ3v) is 11.7. The quantitative estimate of drug-likeness (QED) is 0.362. The van der Waals surface area contributed by atoms with Gasteiger partial charge < -0.3 is 4.57 Å². The zero-order valence-corrected chi connectivity index (χ0v) is 24.4. The fourth-order valence-electron chi connectivity index (χ4n) is 5.29. The van der Waals surface area contributed by atoms with Gasteiger partial charge in [0.1, 0.15) is 7.14 Å². The van der Waals surface area contributed by atoms with Gasteiger partial charge in [0.2, 0.25) is 0 Å². The van der Waals surface area contributed by atoms with E-state index in [0.717, 1.165) is 31.0 Å². The maximum Gasteiger partial charge on any atom is 0.142 e. The smallest absolute Gasteiger partial charge is 0.142 e. The number of rotatable bonds is 7. The Morgan fingerprint density at radius 3 is 1.79 bits per heavy atom. The lowest BCUT2D eigenvalue weighted by atomic mass is 9.76. The summed E-state index contributed by atoms with van der Waals surface area (Å²) >= 11 is 0. The second-order valence-corrected chi connectivity index (χ2v) is 16.7. The molecule has 0 N–H and O–H groups in total. The summed E-state index contributed by atoms with van der Waals surface area (Å²) in [7, 11) is -2.69. The van der Waals surface area contributed by atoms with Crippen LogP contribution >= 0.6 is 7.14 Å². The third-order valence-electron chi connectivity index (χ3n) is 7.91. The lowest BCUT2D eigenvalue weighted by Gasteiger charge is -2.35. The number of allylic oxidation sites excluding steroid dienone is 4. The largest absolute Gasteiger partial charge is 0.314 e. The minimum absolute atomic E-state index is 0.101. The molecule has 186 valence electrons.